The minimum absolute atomic E-state index is 0.0383. The Labute approximate surface area is 133 Å². The highest BCUT2D eigenvalue weighted by molar-refractivity contribution is 7.89. The van der Waals surface area contributed by atoms with E-state index in [1.165, 1.54) is 13.0 Å². The second kappa shape index (κ2) is 6.79. The summed E-state index contributed by atoms with van der Waals surface area (Å²) in [7, 11) is -4.10. The van der Waals surface area contributed by atoms with Gasteiger partial charge in [-0.15, -0.1) is 6.58 Å². The molecule has 0 aliphatic carbocycles. The molecule has 1 N–H and O–H groups in total. The summed E-state index contributed by atoms with van der Waals surface area (Å²) in [6, 6.07) is 1.56. The molecule has 116 valence electrons. The van der Waals surface area contributed by atoms with Gasteiger partial charge in [0.05, 0.1) is 5.02 Å². The molecule has 0 saturated carbocycles. The van der Waals surface area contributed by atoms with Crippen molar-refractivity contribution in [1.82, 2.24) is 4.31 Å². The van der Waals surface area contributed by atoms with E-state index >= 15 is 0 Å². The summed E-state index contributed by atoms with van der Waals surface area (Å²) in [4.78, 5) is 10.7. The zero-order valence-electron chi connectivity index (χ0n) is 11.6. The smallest absolute Gasteiger partial charge is 0.318 e. The third-order valence-corrected chi connectivity index (χ3v) is 5.81. The molecule has 1 aromatic carbocycles. The van der Waals surface area contributed by atoms with E-state index in [0.29, 0.717) is 5.56 Å². The summed E-state index contributed by atoms with van der Waals surface area (Å²) in [5.74, 6) is -1.27. The van der Waals surface area contributed by atoms with Crippen LogP contribution in [0.25, 0.3) is 0 Å². The molecule has 21 heavy (non-hydrogen) atoms. The van der Waals surface area contributed by atoms with Crippen LogP contribution in [0, 0.1) is 13.8 Å². The molecule has 0 saturated heterocycles. The highest BCUT2D eigenvalue weighted by atomic mass is 35.5. The van der Waals surface area contributed by atoms with E-state index < -0.39 is 22.5 Å². The second-order valence-electron chi connectivity index (χ2n) is 4.42. The maximum atomic E-state index is 12.7. The number of hydrogen-bond acceptors (Lipinski definition) is 3. The van der Waals surface area contributed by atoms with Gasteiger partial charge in [0.15, 0.2) is 0 Å². The minimum Gasteiger partial charge on any atom is -0.480 e. The molecule has 1 aromatic rings. The van der Waals surface area contributed by atoms with E-state index in [1.54, 1.807) is 13.0 Å². The first kappa shape index (κ1) is 18.0. The molecule has 0 aliphatic rings. The number of nitrogens with zero attached hydrogens (tertiary/aromatic N) is 1. The predicted octanol–water partition coefficient (Wildman–Crippen LogP) is 2.87. The van der Waals surface area contributed by atoms with Gasteiger partial charge >= 0.3 is 5.97 Å². The number of carbonyl (C=O) groups is 1. The van der Waals surface area contributed by atoms with Crippen LogP contribution in [0.5, 0.6) is 0 Å². The molecule has 0 radical (unpaired) electrons. The van der Waals surface area contributed by atoms with Crippen molar-refractivity contribution in [3.8, 4) is 0 Å². The van der Waals surface area contributed by atoms with Crippen molar-refractivity contribution >= 4 is 39.2 Å². The number of hydrogen-bond donors (Lipinski definition) is 1. The number of rotatable bonds is 6. The third kappa shape index (κ3) is 3.77. The van der Waals surface area contributed by atoms with Crippen LogP contribution >= 0.6 is 23.2 Å². The van der Waals surface area contributed by atoms with Gasteiger partial charge in [-0.2, -0.15) is 4.31 Å². The first-order valence-corrected chi connectivity index (χ1v) is 8.10. The average molecular weight is 352 g/mol. The van der Waals surface area contributed by atoms with E-state index in [9.17, 15) is 13.2 Å². The molecule has 0 fully saturated rings. The number of sulfonamides is 1. The Bertz CT molecular complexity index is 660. The Hall–Kier alpha value is -1.08. The molecule has 1 rings (SSSR count). The number of benzene rings is 1. The molecule has 0 bridgehead atoms. The lowest BCUT2D eigenvalue weighted by atomic mass is 10.2. The molecule has 0 aromatic heterocycles. The summed E-state index contributed by atoms with van der Waals surface area (Å²) in [6.45, 7) is 5.76. The molecule has 0 aliphatic heterocycles. The van der Waals surface area contributed by atoms with Crippen molar-refractivity contribution in [3.63, 3.8) is 0 Å². The van der Waals surface area contributed by atoms with E-state index in [1.807, 2.05) is 0 Å². The molecule has 0 spiro atoms. The highest BCUT2D eigenvalue weighted by Gasteiger charge is 2.31. The Morgan fingerprint density at radius 1 is 1.43 bits per heavy atom. The van der Waals surface area contributed by atoms with E-state index in [4.69, 9.17) is 28.3 Å². The van der Waals surface area contributed by atoms with Gasteiger partial charge in [-0.3, -0.25) is 4.79 Å². The topological polar surface area (TPSA) is 74.7 Å². The van der Waals surface area contributed by atoms with Crippen LogP contribution in [-0.4, -0.2) is 36.9 Å². The Morgan fingerprint density at radius 2 is 2.00 bits per heavy atom. The van der Waals surface area contributed by atoms with Crippen molar-refractivity contribution in [2.75, 3.05) is 13.1 Å². The van der Waals surface area contributed by atoms with Crippen molar-refractivity contribution in [2.24, 2.45) is 0 Å². The standard InChI is InChI=1S/C13H15Cl2NO4S/c1-4-5-16(7-11(17)18)21(19,20)13-9(3)10(14)6-8(2)12(13)15/h4,6H,1,5,7H2,2-3H3,(H,17,18). The Morgan fingerprint density at radius 3 is 2.48 bits per heavy atom. The number of carboxylic acid groups (broad SMARTS) is 1. The largest absolute Gasteiger partial charge is 0.480 e. The number of halogens is 2. The lowest BCUT2D eigenvalue weighted by molar-refractivity contribution is -0.137. The quantitative estimate of drug-likeness (QED) is 0.799. The summed E-state index contributed by atoms with van der Waals surface area (Å²) in [5, 5.41) is 9.16. The van der Waals surface area contributed by atoms with Crippen LogP contribution in [0.3, 0.4) is 0 Å². The summed E-state index contributed by atoms with van der Waals surface area (Å²) in [5.41, 5.74) is 0.784. The zero-order valence-corrected chi connectivity index (χ0v) is 13.9. The zero-order chi connectivity index (χ0) is 16.4. The van der Waals surface area contributed by atoms with Crippen LogP contribution in [0.1, 0.15) is 11.1 Å². The van der Waals surface area contributed by atoms with Gasteiger partial charge in [0.1, 0.15) is 11.4 Å². The van der Waals surface area contributed by atoms with Gasteiger partial charge in [0.25, 0.3) is 0 Å². The SMILES string of the molecule is C=CCN(CC(=O)O)S(=O)(=O)c1c(C)c(Cl)cc(C)c1Cl. The molecule has 8 heteroatoms. The van der Waals surface area contributed by atoms with Gasteiger partial charge in [-0.05, 0) is 31.0 Å². The highest BCUT2D eigenvalue weighted by Crippen LogP contribution is 2.35. The molecule has 5 nitrogen and oxygen atoms in total. The van der Waals surface area contributed by atoms with Crippen LogP contribution in [0.4, 0.5) is 0 Å². The minimum atomic E-state index is -4.10. The first-order valence-electron chi connectivity index (χ1n) is 5.91. The molecule has 0 heterocycles. The van der Waals surface area contributed by atoms with E-state index in [0.717, 1.165) is 4.31 Å². The van der Waals surface area contributed by atoms with Gasteiger partial charge in [0, 0.05) is 11.6 Å². The summed E-state index contributed by atoms with van der Waals surface area (Å²) in [6.07, 6.45) is 1.31. The van der Waals surface area contributed by atoms with Gasteiger partial charge in [-0.1, -0.05) is 29.3 Å². The third-order valence-electron chi connectivity index (χ3n) is 2.83. The molecular formula is C13H15Cl2NO4S. The van der Waals surface area contributed by atoms with E-state index in [2.05, 4.69) is 6.58 Å². The molecule has 0 unspecified atom stereocenters. The fourth-order valence-corrected chi connectivity index (χ4v) is 4.32. The maximum absolute atomic E-state index is 12.7. The second-order valence-corrected chi connectivity index (χ2v) is 7.08. The van der Waals surface area contributed by atoms with Crippen LogP contribution in [-0.2, 0) is 14.8 Å². The van der Waals surface area contributed by atoms with Crippen LogP contribution < -0.4 is 0 Å². The van der Waals surface area contributed by atoms with Crippen LogP contribution in [0.15, 0.2) is 23.6 Å². The fourth-order valence-electron chi connectivity index (χ4n) is 1.79. The monoisotopic (exact) mass is 351 g/mol. The molecule has 0 atom stereocenters. The maximum Gasteiger partial charge on any atom is 0.318 e. The number of aryl methyl sites for hydroxylation is 1. The molecular weight excluding hydrogens is 337 g/mol. The van der Waals surface area contributed by atoms with Gasteiger partial charge in [0.2, 0.25) is 10.0 Å². The van der Waals surface area contributed by atoms with E-state index in [-0.39, 0.29) is 27.0 Å². The first-order chi connectivity index (χ1) is 9.62. The Kier molecular flexibility index (Phi) is 5.81. The normalized spacial score (nSPS) is 11.7. The summed E-state index contributed by atoms with van der Waals surface area (Å²) < 4.78 is 26.1. The summed E-state index contributed by atoms with van der Waals surface area (Å²) >= 11 is 12.1. The number of aliphatic carboxylic acids is 1. The average Bonchev–Trinajstić information content (AvgIpc) is 2.35. The van der Waals surface area contributed by atoms with Crippen LogP contribution in [0.2, 0.25) is 10.0 Å². The predicted molar refractivity (Wildman–Crippen MR) is 82.5 cm³/mol. The van der Waals surface area contributed by atoms with Crippen molar-refractivity contribution in [1.29, 1.82) is 0 Å². The number of carboxylic acids is 1. The lowest BCUT2D eigenvalue weighted by Gasteiger charge is -2.22. The Balaban J connectivity index is 3.55. The van der Waals surface area contributed by atoms with Gasteiger partial charge in [-0.25, -0.2) is 8.42 Å². The van der Waals surface area contributed by atoms with Crippen molar-refractivity contribution < 1.29 is 18.3 Å². The van der Waals surface area contributed by atoms with Crippen molar-refractivity contribution in [2.45, 2.75) is 18.7 Å². The lowest BCUT2D eigenvalue weighted by Crippen LogP contribution is -2.36. The fraction of sp³-hybridized carbons (Fsp3) is 0.308. The van der Waals surface area contributed by atoms with Gasteiger partial charge < -0.3 is 5.11 Å². The van der Waals surface area contributed by atoms with Crippen molar-refractivity contribution in [3.05, 3.63) is 39.9 Å². The molecule has 0 amide bonds.